The zero-order chi connectivity index (χ0) is 14.2. The number of oxazole rings is 1. The Labute approximate surface area is 135 Å². The second-order valence-electron chi connectivity index (χ2n) is 5.08. The minimum Gasteiger partial charge on any atom is -0.440 e. The molecule has 0 spiro atoms. The highest BCUT2D eigenvalue weighted by Gasteiger charge is 2.30. The second kappa shape index (κ2) is 5.22. The first-order valence-corrected chi connectivity index (χ1v) is 7.89. The van der Waals surface area contributed by atoms with Gasteiger partial charge in [0.25, 0.3) is 0 Å². The first-order chi connectivity index (χ1) is 10.3. The predicted octanol–water partition coefficient (Wildman–Crippen LogP) is 3.62. The maximum atomic E-state index is 5.90. The molecular formula is C16H12IN3O. The Bertz CT molecular complexity index is 762. The summed E-state index contributed by atoms with van der Waals surface area (Å²) in [7, 11) is 0. The molecule has 3 aromatic heterocycles. The largest absolute Gasteiger partial charge is 0.440 e. The van der Waals surface area contributed by atoms with Gasteiger partial charge in [-0.3, -0.25) is 9.97 Å². The average molecular weight is 389 g/mol. The van der Waals surface area contributed by atoms with Crippen molar-refractivity contribution in [1.29, 1.82) is 0 Å². The summed E-state index contributed by atoms with van der Waals surface area (Å²) in [6, 6.07) is 9.81. The molecule has 1 unspecified atom stereocenters. The van der Waals surface area contributed by atoms with E-state index in [9.17, 15) is 0 Å². The second-order valence-corrected chi connectivity index (χ2v) is 6.24. The molecule has 3 heterocycles. The Hall–Kier alpha value is -1.76. The molecular weight excluding hydrogens is 377 g/mol. The fourth-order valence-electron chi connectivity index (χ4n) is 2.72. The van der Waals surface area contributed by atoms with Crippen molar-refractivity contribution < 1.29 is 4.42 Å². The first-order valence-electron chi connectivity index (χ1n) is 6.81. The minimum atomic E-state index is 0.372. The normalized spacial score (nSPS) is 16.9. The molecule has 4 nitrogen and oxygen atoms in total. The molecule has 4 rings (SSSR count). The molecule has 0 N–H and O–H groups in total. The van der Waals surface area contributed by atoms with Crippen LogP contribution in [0.3, 0.4) is 0 Å². The molecule has 21 heavy (non-hydrogen) atoms. The van der Waals surface area contributed by atoms with Gasteiger partial charge in [0.15, 0.2) is 0 Å². The molecule has 0 bridgehead atoms. The number of rotatable bonds is 2. The monoisotopic (exact) mass is 389 g/mol. The third-order valence-corrected chi connectivity index (χ3v) is 4.62. The lowest BCUT2D eigenvalue weighted by Crippen LogP contribution is -2.04. The average Bonchev–Trinajstić information content (AvgIpc) is 3.07. The van der Waals surface area contributed by atoms with Crippen LogP contribution in [-0.2, 0) is 12.8 Å². The summed E-state index contributed by atoms with van der Waals surface area (Å²) < 4.78 is 7.10. The van der Waals surface area contributed by atoms with Crippen molar-refractivity contribution >= 4 is 22.6 Å². The highest BCUT2D eigenvalue weighted by molar-refractivity contribution is 14.1. The number of hydrogen-bond donors (Lipinski definition) is 0. The van der Waals surface area contributed by atoms with Gasteiger partial charge in [0.2, 0.25) is 5.89 Å². The number of hydrogen-bond acceptors (Lipinski definition) is 4. The Morgan fingerprint density at radius 3 is 2.71 bits per heavy atom. The summed E-state index contributed by atoms with van der Waals surface area (Å²) in [5.74, 6) is 1.97. The van der Waals surface area contributed by atoms with Crippen LogP contribution < -0.4 is 0 Å². The summed E-state index contributed by atoms with van der Waals surface area (Å²) in [6.45, 7) is 0. The maximum Gasteiger partial charge on any atom is 0.245 e. The number of fused-ring (bicyclic) bond motifs is 1. The van der Waals surface area contributed by atoms with E-state index < -0.39 is 0 Å². The maximum absolute atomic E-state index is 5.90. The van der Waals surface area contributed by atoms with Crippen LogP contribution in [-0.4, -0.2) is 15.0 Å². The lowest BCUT2D eigenvalue weighted by molar-refractivity contribution is 0.507. The molecule has 1 aliphatic rings. The van der Waals surface area contributed by atoms with Crippen LogP contribution in [0.1, 0.15) is 23.1 Å². The summed E-state index contributed by atoms with van der Waals surface area (Å²) in [4.78, 5) is 13.4. The fourth-order valence-corrected chi connectivity index (χ4v) is 3.51. The van der Waals surface area contributed by atoms with Crippen LogP contribution in [0.5, 0.6) is 0 Å². The van der Waals surface area contributed by atoms with E-state index in [2.05, 4.69) is 43.6 Å². The Morgan fingerprint density at radius 2 is 1.95 bits per heavy atom. The standard InChI is InChI=1S/C16H12IN3O/c17-11-4-3-7-19-15(11)10-8-13-14(9-10)21-16(20-13)12-5-1-2-6-18-12/h1-7,10H,8-9H2. The van der Waals surface area contributed by atoms with E-state index in [0.29, 0.717) is 11.8 Å². The summed E-state index contributed by atoms with van der Waals surface area (Å²) >= 11 is 2.34. The van der Waals surface area contributed by atoms with Crippen molar-refractivity contribution in [3.8, 4) is 11.6 Å². The third-order valence-electron chi connectivity index (χ3n) is 3.71. The van der Waals surface area contributed by atoms with Gasteiger partial charge in [0, 0.05) is 34.7 Å². The van der Waals surface area contributed by atoms with Crippen LogP contribution in [0.4, 0.5) is 0 Å². The van der Waals surface area contributed by atoms with E-state index in [-0.39, 0.29) is 0 Å². The van der Waals surface area contributed by atoms with E-state index in [4.69, 9.17) is 4.42 Å². The van der Waals surface area contributed by atoms with Crippen LogP contribution >= 0.6 is 22.6 Å². The summed E-state index contributed by atoms with van der Waals surface area (Å²) in [6.07, 6.45) is 5.36. The van der Waals surface area contributed by atoms with E-state index >= 15 is 0 Å². The van der Waals surface area contributed by atoms with Crippen molar-refractivity contribution in [2.24, 2.45) is 0 Å². The molecule has 0 amide bonds. The van der Waals surface area contributed by atoms with Crippen molar-refractivity contribution in [2.75, 3.05) is 0 Å². The van der Waals surface area contributed by atoms with Gasteiger partial charge < -0.3 is 4.42 Å². The fraction of sp³-hybridized carbons (Fsp3) is 0.188. The lowest BCUT2D eigenvalue weighted by atomic mass is 10.0. The van der Waals surface area contributed by atoms with E-state index in [1.165, 1.54) is 3.57 Å². The number of pyridine rings is 2. The Balaban J connectivity index is 1.62. The van der Waals surface area contributed by atoms with Crippen molar-refractivity contribution in [2.45, 2.75) is 18.8 Å². The molecule has 3 aromatic rings. The molecule has 104 valence electrons. The van der Waals surface area contributed by atoms with Gasteiger partial charge in [0.05, 0.1) is 11.4 Å². The number of aromatic nitrogens is 3. The molecule has 0 aliphatic heterocycles. The van der Waals surface area contributed by atoms with E-state index in [1.54, 1.807) is 6.20 Å². The molecule has 1 atom stereocenters. The quantitative estimate of drug-likeness (QED) is 0.629. The molecule has 0 aromatic carbocycles. The van der Waals surface area contributed by atoms with Crippen molar-refractivity contribution in [3.63, 3.8) is 0 Å². The molecule has 0 radical (unpaired) electrons. The minimum absolute atomic E-state index is 0.372. The Kier molecular flexibility index (Phi) is 3.21. The highest BCUT2D eigenvalue weighted by atomic mass is 127. The van der Waals surface area contributed by atoms with Crippen LogP contribution in [0.25, 0.3) is 11.6 Å². The molecule has 1 aliphatic carbocycles. The number of halogens is 1. The zero-order valence-electron chi connectivity index (χ0n) is 11.2. The summed E-state index contributed by atoms with van der Waals surface area (Å²) in [5, 5.41) is 0. The predicted molar refractivity (Wildman–Crippen MR) is 86.8 cm³/mol. The van der Waals surface area contributed by atoms with E-state index in [0.717, 1.165) is 35.7 Å². The van der Waals surface area contributed by atoms with Gasteiger partial charge in [-0.2, -0.15) is 0 Å². The molecule has 0 fully saturated rings. The van der Waals surface area contributed by atoms with Crippen molar-refractivity contribution in [3.05, 3.63) is 63.4 Å². The Morgan fingerprint density at radius 1 is 1.05 bits per heavy atom. The highest BCUT2D eigenvalue weighted by Crippen LogP contribution is 2.36. The topological polar surface area (TPSA) is 51.8 Å². The van der Waals surface area contributed by atoms with Gasteiger partial charge >= 0.3 is 0 Å². The molecule has 5 heteroatoms. The van der Waals surface area contributed by atoms with Gasteiger partial charge in [-0.25, -0.2) is 4.98 Å². The van der Waals surface area contributed by atoms with Gasteiger partial charge in [-0.05, 0) is 46.9 Å². The zero-order valence-corrected chi connectivity index (χ0v) is 13.3. The molecule has 0 saturated carbocycles. The smallest absolute Gasteiger partial charge is 0.245 e. The first kappa shape index (κ1) is 12.9. The van der Waals surface area contributed by atoms with Crippen molar-refractivity contribution in [1.82, 2.24) is 15.0 Å². The SMILES string of the molecule is Ic1cccnc1C1Cc2nc(-c3ccccn3)oc2C1. The van der Waals surface area contributed by atoms with Gasteiger partial charge in [0.1, 0.15) is 11.5 Å². The third kappa shape index (κ3) is 2.35. The van der Waals surface area contributed by atoms with Crippen LogP contribution in [0.15, 0.2) is 47.1 Å². The van der Waals surface area contributed by atoms with Gasteiger partial charge in [-0.15, -0.1) is 0 Å². The van der Waals surface area contributed by atoms with Crippen LogP contribution in [0.2, 0.25) is 0 Å². The summed E-state index contributed by atoms with van der Waals surface area (Å²) in [5.41, 5.74) is 2.98. The number of nitrogens with zero attached hydrogens (tertiary/aromatic N) is 3. The lowest BCUT2D eigenvalue weighted by Gasteiger charge is -2.09. The molecule has 0 saturated heterocycles. The van der Waals surface area contributed by atoms with Crippen LogP contribution in [0, 0.1) is 3.57 Å². The van der Waals surface area contributed by atoms with E-state index in [1.807, 2.05) is 30.5 Å². The van der Waals surface area contributed by atoms with Gasteiger partial charge in [-0.1, -0.05) is 6.07 Å².